The second-order valence-corrected chi connectivity index (χ2v) is 4.37. The lowest BCUT2D eigenvalue weighted by atomic mass is 9.93. The van der Waals surface area contributed by atoms with E-state index < -0.39 is 0 Å². The Morgan fingerprint density at radius 3 is 1.18 bits per heavy atom. The van der Waals surface area contributed by atoms with Gasteiger partial charge >= 0.3 is 0 Å². The predicted molar refractivity (Wildman–Crippen MR) is 47.6 cm³/mol. The molecule has 1 aliphatic heterocycles. The van der Waals surface area contributed by atoms with Crippen molar-refractivity contribution in [2.45, 2.75) is 52.7 Å². The maximum absolute atomic E-state index is 5.89. The first-order chi connectivity index (χ1) is 4.77. The minimum atomic E-state index is -0.0619. The van der Waals surface area contributed by atoms with E-state index in [0.29, 0.717) is 0 Å². The smallest absolute Gasteiger partial charge is 0.0848 e. The van der Waals surface area contributed by atoms with Gasteiger partial charge in [-0.3, -0.25) is 0 Å². The molecule has 0 atom stereocenters. The summed E-state index contributed by atoms with van der Waals surface area (Å²) in [5.41, 5.74) is 2.63. The fourth-order valence-corrected chi connectivity index (χ4v) is 1.69. The van der Waals surface area contributed by atoms with Crippen molar-refractivity contribution in [2.24, 2.45) is 0 Å². The highest BCUT2D eigenvalue weighted by molar-refractivity contribution is 5.31. The van der Waals surface area contributed by atoms with Gasteiger partial charge in [0, 0.05) is 0 Å². The molecule has 0 saturated heterocycles. The zero-order chi connectivity index (χ0) is 8.86. The molecule has 1 rings (SSSR count). The first-order valence-corrected chi connectivity index (χ1v) is 4.16. The van der Waals surface area contributed by atoms with Gasteiger partial charge in [-0.05, 0) is 52.7 Å². The molecular formula is C10H18O. The van der Waals surface area contributed by atoms with Crippen molar-refractivity contribution in [3.63, 3.8) is 0 Å². The van der Waals surface area contributed by atoms with Crippen LogP contribution in [0.1, 0.15) is 41.5 Å². The normalized spacial score (nSPS) is 27.8. The molecule has 11 heavy (non-hydrogen) atoms. The third-order valence-electron chi connectivity index (χ3n) is 2.88. The average Bonchev–Trinajstić information content (AvgIpc) is 1.91. The second kappa shape index (κ2) is 2.10. The Bertz CT molecular complexity index is 187. The molecule has 0 aromatic rings. The summed E-state index contributed by atoms with van der Waals surface area (Å²) in [6, 6.07) is 0. The van der Waals surface area contributed by atoms with Gasteiger partial charge in [0.05, 0.1) is 11.2 Å². The lowest BCUT2D eigenvalue weighted by Crippen LogP contribution is -2.29. The van der Waals surface area contributed by atoms with Crippen LogP contribution in [0.2, 0.25) is 0 Å². The molecule has 0 fully saturated rings. The Balaban J connectivity index is 3.09. The highest BCUT2D eigenvalue weighted by Crippen LogP contribution is 2.41. The Hall–Kier alpha value is -0.300. The molecule has 0 bridgehead atoms. The van der Waals surface area contributed by atoms with E-state index in [0.717, 1.165) is 0 Å². The van der Waals surface area contributed by atoms with Crippen LogP contribution in [0.5, 0.6) is 0 Å². The van der Waals surface area contributed by atoms with Crippen LogP contribution >= 0.6 is 0 Å². The van der Waals surface area contributed by atoms with Crippen LogP contribution in [-0.2, 0) is 4.74 Å². The molecule has 0 aromatic heterocycles. The van der Waals surface area contributed by atoms with Gasteiger partial charge in [-0.1, -0.05) is 0 Å². The topological polar surface area (TPSA) is 9.23 Å². The van der Waals surface area contributed by atoms with Gasteiger partial charge in [0.2, 0.25) is 0 Å². The molecular weight excluding hydrogens is 136 g/mol. The maximum Gasteiger partial charge on any atom is 0.0848 e. The summed E-state index contributed by atoms with van der Waals surface area (Å²) >= 11 is 0. The van der Waals surface area contributed by atoms with Crippen LogP contribution in [0.3, 0.4) is 0 Å². The van der Waals surface area contributed by atoms with E-state index in [-0.39, 0.29) is 11.2 Å². The number of rotatable bonds is 0. The van der Waals surface area contributed by atoms with Crippen LogP contribution in [0, 0.1) is 0 Å². The summed E-state index contributed by atoms with van der Waals surface area (Å²) in [6.45, 7) is 12.8. The Labute approximate surface area is 69.4 Å². The lowest BCUT2D eigenvalue weighted by molar-refractivity contribution is -0.0563. The van der Waals surface area contributed by atoms with Gasteiger partial charge in [0.25, 0.3) is 0 Å². The van der Waals surface area contributed by atoms with E-state index in [2.05, 4.69) is 41.5 Å². The molecule has 0 amide bonds. The van der Waals surface area contributed by atoms with Crippen molar-refractivity contribution in [1.82, 2.24) is 0 Å². The molecule has 0 saturated carbocycles. The molecule has 1 nitrogen and oxygen atoms in total. The van der Waals surface area contributed by atoms with Crippen molar-refractivity contribution in [2.75, 3.05) is 0 Å². The van der Waals surface area contributed by atoms with Crippen LogP contribution in [0.15, 0.2) is 11.1 Å². The van der Waals surface area contributed by atoms with Gasteiger partial charge in [-0.25, -0.2) is 0 Å². The van der Waals surface area contributed by atoms with E-state index in [4.69, 9.17) is 4.74 Å². The van der Waals surface area contributed by atoms with Gasteiger partial charge in [0.15, 0.2) is 0 Å². The Morgan fingerprint density at radius 1 is 0.818 bits per heavy atom. The summed E-state index contributed by atoms with van der Waals surface area (Å²) in [6.07, 6.45) is 0. The predicted octanol–water partition coefficient (Wildman–Crippen LogP) is 2.91. The van der Waals surface area contributed by atoms with Crippen molar-refractivity contribution >= 4 is 0 Å². The summed E-state index contributed by atoms with van der Waals surface area (Å²) in [5, 5.41) is 0. The third-order valence-corrected chi connectivity index (χ3v) is 2.88. The van der Waals surface area contributed by atoms with Crippen molar-refractivity contribution in [3.05, 3.63) is 11.1 Å². The molecule has 0 aromatic carbocycles. The zero-order valence-corrected chi connectivity index (χ0v) is 8.41. The maximum atomic E-state index is 5.89. The van der Waals surface area contributed by atoms with E-state index in [1.54, 1.807) is 0 Å². The minimum absolute atomic E-state index is 0.0619. The molecule has 1 heterocycles. The van der Waals surface area contributed by atoms with E-state index in [1.807, 2.05) is 0 Å². The van der Waals surface area contributed by atoms with Gasteiger partial charge in [0.1, 0.15) is 0 Å². The van der Waals surface area contributed by atoms with Gasteiger partial charge in [-0.2, -0.15) is 0 Å². The average molecular weight is 154 g/mol. The first kappa shape index (κ1) is 8.79. The van der Waals surface area contributed by atoms with Gasteiger partial charge < -0.3 is 4.74 Å². The van der Waals surface area contributed by atoms with E-state index in [1.165, 1.54) is 11.1 Å². The molecule has 1 aliphatic rings. The quantitative estimate of drug-likeness (QED) is 0.487. The molecule has 64 valence electrons. The molecule has 1 heteroatoms. The highest BCUT2D eigenvalue weighted by Gasteiger charge is 2.40. The van der Waals surface area contributed by atoms with Crippen LogP contribution in [0.4, 0.5) is 0 Å². The van der Waals surface area contributed by atoms with Crippen LogP contribution in [0.25, 0.3) is 0 Å². The standard InChI is InChI=1S/C10H18O/c1-7-8(2)10(5,6)11-9(7,3)4/h1-6H3. The fraction of sp³-hybridized carbons (Fsp3) is 0.800. The number of ether oxygens (including phenoxy) is 1. The van der Waals surface area contributed by atoms with E-state index in [9.17, 15) is 0 Å². The summed E-state index contributed by atoms with van der Waals surface area (Å²) in [5.74, 6) is 0. The van der Waals surface area contributed by atoms with Crippen molar-refractivity contribution in [1.29, 1.82) is 0 Å². The van der Waals surface area contributed by atoms with Crippen LogP contribution < -0.4 is 0 Å². The summed E-state index contributed by atoms with van der Waals surface area (Å²) in [7, 11) is 0. The third kappa shape index (κ3) is 1.22. The largest absolute Gasteiger partial charge is 0.361 e. The van der Waals surface area contributed by atoms with E-state index >= 15 is 0 Å². The molecule has 0 unspecified atom stereocenters. The molecule has 0 spiro atoms. The van der Waals surface area contributed by atoms with Crippen molar-refractivity contribution in [3.8, 4) is 0 Å². The minimum Gasteiger partial charge on any atom is -0.361 e. The second-order valence-electron chi connectivity index (χ2n) is 4.37. The molecule has 0 N–H and O–H groups in total. The highest BCUT2D eigenvalue weighted by atomic mass is 16.5. The molecule has 0 aliphatic carbocycles. The van der Waals surface area contributed by atoms with Crippen molar-refractivity contribution < 1.29 is 4.74 Å². The Morgan fingerprint density at radius 2 is 1.09 bits per heavy atom. The zero-order valence-electron chi connectivity index (χ0n) is 8.41. The number of hydrogen-bond donors (Lipinski definition) is 0. The summed E-state index contributed by atoms with van der Waals surface area (Å²) < 4.78 is 5.89. The first-order valence-electron chi connectivity index (χ1n) is 4.16. The fourth-order valence-electron chi connectivity index (χ4n) is 1.69. The monoisotopic (exact) mass is 154 g/mol. The molecule has 0 radical (unpaired) electrons. The Kier molecular flexibility index (Phi) is 1.68. The summed E-state index contributed by atoms with van der Waals surface area (Å²) in [4.78, 5) is 0. The SMILES string of the molecule is CC1=C(C)C(C)(C)OC1(C)C. The number of hydrogen-bond acceptors (Lipinski definition) is 1. The lowest BCUT2D eigenvalue weighted by Gasteiger charge is -2.26. The van der Waals surface area contributed by atoms with Gasteiger partial charge in [-0.15, -0.1) is 0 Å². The van der Waals surface area contributed by atoms with Crippen LogP contribution in [-0.4, -0.2) is 11.2 Å².